The van der Waals surface area contributed by atoms with Crippen LogP contribution in [0.1, 0.15) is 19.3 Å². The summed E-state index contributed by atoms with van der Waals surface area (Å²) in [4.78, 5) is 6.21. The molecule has 2 unspecified atom stereocenters. The van der Waals surface area contributed by atoms with E-state index in [9.17, 15) is 8.78 Å². The van der Waals surface area contributed by atoms with E-state index < -0.39 is 11.6 Å². The van der Waals surface area contributed by atoms with Gasteiger partial charge < -0.3 is 5.32 Å². The second-order valence-corrected chi connectivity index (χ2v) is 4.77. The molecule has 3 nitrogen and oxygen atoms in total. The lowest BCUT2D eigenvalue weighted by Gasteiger charge is -2.21. The molecule has 0 saturated carbocycles. The van der Waals surface area contributed by atoms with Crippen LogP contribution < -0.4 is 5.32 Å². The van der Waals surface area contributed by atoms with Crippen LogP contribution in [0.4, 0.5) is 14.6 Å². The zero-order valence-electron chi connectivity index (χ0n) is 9.50. The Bertz CT molecular complexity index is 424. The molecular weight excluding hydrogens is 224 g/mol. The van der Waals surface area contributed by atoms with E-state index in [1.807, 2.05) is 0 Å². The van der Waals surface area contributed by atoms with Crippen molar-refractivity contribution in [2.45, 2.75) is 31.3 Å². The fourth-order valence-corrected chi connectivity index (χ4v) is 2.95. The molecule has 0 radical (unpaired) electrons. The van der Waals surface area contributed by atoms with Crippen LogP contribution in [-0.2, 0) is 0 Å². The maximum absolute atomic E-state index is 13.5. The predicted octanol–water partition coefficient (Wildman–Crippen LogP) is 2.01. The maximum Gasteiger partial charge on any atom is 0.168 e. The van der Waals surface area contributed by atoms with Crippen molar-refractivity contribution in [2.24, 2.45) is 0 Å². The van der Waals surface area contributed by atoms with E-state index in [1.54, 1.807) is 0 Å². The van der Waals surface area contributed by atoms with E-state index in [2.05, 4.69) is 15.2 Å². The molecule has 1 aromatic rings. The number of pyridine rings is 1. The van der Waals surface area contributed by atoms with Gasteiger partial charge in [-0.2, -0.15) is 0 Å². The summed E-state index contributed by atoms with van der Waals surface area (Å²) in [5.41, 5.74) is 0. The molecule has 92 valence electrons. The summed E-state index contributed by atoms with van der Waals surface area (Å²) in [5.74, 6) is -1.08. The van der Waals surface area contributed by atoms with Crippen LogP contribution in [0.3, 0.4) is 0 Å². The Balaban J connectivity index is 1.74. The average molecular weight is 239 g/mol. The van der Waals surface area contributed by atoms with Crippen molar-refractivity contribution in [1.82, 2.24) is 9.88 Å². The van der Waals surface area contributed by atoms with Gasteiger partial charge in [-0.1, -0.05) is 0 Å². The predicted molar refractivity (Wildman–Crippen MR) is 60.8 cm³/mol. The first kappa shape index (κ1) is 10.9. The number of hydrogen-bond donors (Lipinski definition) is 1. The minimum Gasteiger partial charge on any atom is -0.363 e. The number of nitrogens with one attached hydrogen (secondary N) is 1. The molecule has 2 aliphatic heterocycles. The Hall–Kier alpha value is -1.23. The van der Waals surface area contributed by atoms with Gasteiger partial charge in [-0.05, 0) is 25.8 Å². The van der Waals surface area contributed by atoms with Gasteiger partial charge >= 0.3 is 0 Å². The van der Waals surface area contributed by atoms with E-state index in [0.29, 0.717) is 6.04 Å². The molecule has 3 rings (SSSR count). The summed E-state index contributed by atoms with van der Waals surface area (Å²) in [6.07, 6.45) is 4.42. The highest BCUT2D eigenvalue weighted by Crippen LogP contribution is 2.30. The molecule has 3 heterocycles. The number of halogens is 2. The number of nitrogens with zero attached hydrogens (tertiary/aromatic N) is 2. The number of fused-ring (bicyclic) bond motifs is 1. The van der Waals surface area contributed by atoms with Crippen molar-refractivity contribution >= 4 is 5.82 Å². The van der Waals surface area contributed by atoms with Gasteiger partial charge in [0, 0.05) is 24.7 Å². The second kappa shape index (κ2) is 4.22. The number of rotatable bonds is 2. The van der Waals surface area contributed by atoms with Gasteiger partial charge in [0.15, 0.2) is 11.6 Å². The van der Waals surface area contributed by atoms with Crippen molar-refractivity contribution in [2.75, 3.05) is 18.4 Å². The largest absolute Gasteiger partial charge is 0.363 e. The van der Waals surface area contributed by atoms with Crippen molar-refractivity contribution in [3.05, 3.63) is 23.9 Å². The van der Waals surface area contributed by atoms with Crippen molar-refractivity contribution in [3.63, 3.8) is 0 Å². The lowest BCUT2D eigenvalue weighted by atomic mass is 10.1. The van der Waals surface area contributed by atoms with E-state index >= 15 is 0 Å². The van der Waals surface area contributed by atoms with Gasteiger partial charge in [-0.15, -0.1) is 0 Å². The summed E-state index contributed by atoms with van der Waals surface area (Å²) in [5, 5.41) is 3.11. The lowest BCUT2D eigenvalue weighted by Crippen LogP contribution is -2.34. The lowest BCUT2D eigenvalue weighted by molar-refractivity contribution is 0.318. The Morgan fingerprint density at radius 3 is 3.00 bits per heavy atom. The third-order valence-electron chi connectivity index (χ3n) is 3.74. The highest BCUT2D eigenvalue weighted by Gasteiger charge is 2.37. The smallest absolute Gasteiger partial charge is 0.168 e. The van der Waals surface area contributed by atoms with Gasteiger partial charge in [0.1, 0.15) is 5.82 Å². The van der Waals surface area contributed by atoms with Crippen LogP contribution >= 0.6 is 0 Å². The number of aromatic nitrogens is 1. The Kier molecular flexibility index (Phi) is 2.70. The van der Waals surface area contributed by atoms with Gasteiger partial charge in [-0.3, -0.25) is 4.90 Å². The van der Waals surface area contributed by atoms with Crippen LogP contribution in [0.2, 0.25) is 0 Å². The fourth-order valence-electron chi connectivity index (χ4n) is 2.95. The molecule has 0 spiro atoms. The third-order valence-corrected chi connectivity index (χ3v) is 3.74. The average Bonchev–Trinajstić information content (AvgIpc) is 2.86. The molecule has 0 aromatic carbocycles. The molecule has 17 heavy (non-hydrogen) atoms. The molecule has 5 heteroatoms. The summed E-state index contributed by atoms with van der Waals surface area (Å²) in [6, 6.07) is 1.60. The second-order valence-electron chi connectivity index (χ2n) is 4.77. The Morgan fingerprint density at radius 2 is 2.18 bits per heavy atom. The normalized spacial score (nSPS) is 28.4. The van der Waals surface area contributed by atoms with Crippen LogP contribution in [-0.4, -0.2) is 35.1 Å². The molecule has 0 amide bonds. The molecule has 1 aromatic heterocycles. The van der Waals surface area contributed by atoms with E-state index in [4.69, 9.17) is 0 Å². The zero-order valence-corrected chi connectivity index (χ0v) is 9.50. The SMILES string of the molecule is Fc1cnc(NC2CCN3CCCC23)c(F)c1. The first-order chi connectivity index (χ1) is 8.24. The molecular formula is C12H15F2N3. The third kappa shape index (κ3) is 1.99. The topological polar surface area (TPSA) is 28.2 Å². The first-order valence-corrected chi connectivity index (χ1v) is 6.05. The molecule has 2 aliphatic rings. The van der Waals surface area contributed by atoms with Gasteiger partial charge in [-0.25, -0.2) is 13.8 Å². The molecule has 2 fully saturated rings. The summed E-state index contributed by atoms with van der Waals surface area (Å²) < 4.78 is 26.2. The minimum absolute atomic E-state index is 0.171. The standard InChI is InChI=1S/C12H15F2N3/c13-8-6-9(14)12(15-7-8)16-10-3-5-17-4-1-2-11(10)17/h6-7,10-11H,1-5H2,(H,15,16). The van der Waals surface area contributed by atoms with Crippen LogP contribution in [0.5, 0.6) is 0 Å². The number of anilines is 1. The molecule has 2 saturated heterocycles. The highest BCUT2D eigenvalue weighted by atomic mass is 19.1. The van der Waals surface area contributed by atoms with Crippen molar-refractivity contribution in [1.29, 1.82) is 0 Å². The molecule has 0 aliphatic carbocycles. The van der Waals surface area contributed by atoms with Crippen molar-refractivity contribution < 1.29 is 8.78 Å². The minimum atomic E-state index is -0.637. The number of hydrogen-bond acceptors (Lipinski definition) is 3. The first-order valence-electron chi connectivity index (χ1n) is 6.05. The van der Waals surface area contributed by atoms with Gasteiger partial charge in [0.05, 0.1) is 6.20 Å². The Morgan fingerprint density at radius 1 is 1.29 bits per heavy atom. The van der Waals surface area contributed by atoms with Gasteiger partial charge in [0.2, 0.25) is 0 Å². The quantitative estimate of drug-likeness (QED) is 0.855. The monoisotopic (exact) mass is 239 g/mol. The van der Waals surface area contributed by atoms with Crippen LogP contribution in [0, 0.1) is 11.6 Å². The summed E-state index contributed by atoms with van der Waals surface area (Å²) >= 11 is 0. The Labute approximate surface area is 98.8 Å². The van der Waals surface area contributed by atoms with E-state index in [0.717, 1.165) is 38.2 Å². The van der Waals surface area contributed by atoms with E-state index in [-0.39, 0.29) is 11.9 Å². The molecule has 1 N–H and O–H groups in total. The maximum atomic E-state index is 13.5. The summed E-state index contributed by atoms with van der Waals surface area (Å²) in [6.45, 7) is 2.20. The van der Waals surface area contributed by atoms with Crippen molar-refractivity contribution in [3.8, 4) is 0 Å². The molecule has 0 bridgehead atoms. The molecule has 2 atom stereocenters. The fraction of sp³-hybridized carbons (Fsp3) is 0.583. The van der Waals surface area contributed by atoms with E-state index in [1.165, 1.54) is 6.42 Å². The summed E-state index contributed by atoms with van der Waals surface area (Å²) in [7, 11) is 0. The van der Waals surface area contributed by atoms with Crippen LogP contribution in [0.25, 0.3) is 0 Å². The van der Waals surface area contributed by atoms with Crippen LogP contribution in [0.15, 0.2) is 12.3 Å². The zero-order chi connectivity index (χ0) is 11.8. The van der Waals surface area contributed by atoms with Gasteiger partial charge in [0.25, 0.3) is 0 Å². The highest BCUT2D eigenvalue weighted by molar-refractivity contribution is 5.38.